The van der Waals surface area contributed by atoms with Crippen molar-refractivity contribution < 1.29 is 89.4 Å². The molecule has 4 atom stereocenters. The Morgan fingerprint density at radius 3 is 1.25 bits per heavy atom. The third-order valence-corrected chi connectivity index (χ3v) is 18.2. The Balaban J connectivity index is 0.860. The number of carbonyl (C=O) groups excluding carboxylic acids is 8. The number of anilines is 2. The second kappa shape index (κ2) is 39.3. The predicted molar refractivity (Wildman–Crippen MR) is 379 cm³/mol. The zero-order valence-electron chi connectivity index (χ0n) is 59.3. The van der Waals surface area contributed by atoms with E-state index in [1.54, 1.807) is 77.9 Å². The third kappa shape index (κ3) is 21.5. The minimum Gasteiger partial charge on any atom is -0.494 e. The highest BCUT2D eigenvalue weighted by molar-refractivity contribution is 7.34. The number of rotatable bonds is 40. The first-order valence-electron chi connectivity index (χ1n) is 34.9. The van der Waals surface area contributed by atoms with Crippen molar-refractivity contribution in [3.63, 3.8) is 0 Å². The predicted octanol–water partition coefficient (Wildman–Crippen LogP) is 11.4. The van der Waals surface area contributed by atoms with E-state index in [1.807, 2.05) is 38.1 Å². The van der Waals surface area contributed by atoms with Crippen LogP contribution >= 0.6 is 8.25 Å². The van der Waals surface area contributed by atoms with Crippen LogP contribution in [0.5, 0.6) is 23.0 Å². The quantitative estimate of drug-likeness (QED) is 0.00913. The number of carbonyl (C=O) groups is 8. The molecule has 0 radical (unpaired) electrons. The van der Waals surface area contributed by atoms with Gasteiger partial charge in [-0.3, -0.25) is 28.8 Å². The summed E-state index contributed by atoms with van der Waals surface area (Å²) >= 11 is 0. The van der Waals surface area contributed by atoms with Gasteiger partial charge in [0.2, 0.25) is 24.6 Å². The number of nitrogens with one attached hydrogen (secondary N) is 4. The summed E-state index contributed by atoms with van der Waals surface area (Å²) in [5, 5.41) is 12.7. The summed E-state index contributed by atoms with van der Waals surface area (Å²) in [6.45, 7) is 19.9. The van der Waals surface area contributed by atoms with Crippen LogP contribution in [0.15, 0.2) is 106 Å². The maximum Gasteiger partial charge on any atom is 0.805 e. The molecule has 28 heteroatoms. The van der Waals surface area contributed by atoms with Crippen molar-refractivity contribution in [1.82, 2.24) is 31.4 Å². The van der Waals surface area contributed by atoms with Crippen LogP contribution in [0.2, 0.25) is 0 Å². The number of aryl methyl sites for hydroxylation is 2. The number of morpholine rings is 2. The van der Waals surface area contributed by atoms with Crippen molar-refractivity contribution >= 4 is 68.0 Å². The first-order valence-corrected chi connectivity index (χ1v) is 36.0. The van der Waals surface area contributed by atoms with Gasteiger partial charge in [0.05, 0.1) is 88.0 Å². The van der Waals surface area contributed by atoms with Gasteiger partial charge in [-0.15, -0.1) is 0 Å². The van der Waals surface area contributed by atoms with Crippen molar-refractivity contribution in [2.45, 2.75) is 132 Å². The maximum atomic E-state index is 14.0. The van der Waals surface area contributed by atoms with E-state index in [0.29, 0.717) is 98.7 Å². The first kappa shape index (κ1) is 77.8. The monoisotopic (exact) mass is 1430 g/mol. The number of hydroxylamine groups is 4. The Bertz CT molecular complexity index is 3590. The van der Waals surface area contributed by atoms with Gasteiger partial charge in [0.15, 0.2) is 23.0 Å². The molecule has 4 N–H and O–H groups in total. The number of benzene rings is 4. The maximum absolute atomic E-state index is 14.0. The molecule has 548 valence electrons. The molecule has 6 aromatic rings. The molecule has 2 aliphatic rings. The van der Waals surface area contributed by atoms with Crippen molar-refractivity contribution in [3.05, 3.63) is 131 Å². The zero-order chi connectivity index (χ0) is 73.1. The van der Waals surface area contributed by atoms with Crippen LogP contribution in [-0.2, 0) is 42.9 Å². The van der Waals surface area contributed by atoms with Crippen molar-refractivity contribution in [2.75, 3.05) is 89.0 Å². The van der Waals surface area contributed by atoms with Crippen molar-refractivity contribution in [2.24, 2.45) is 11.8 Å². The van der Waals surface area contributed by atoms with E-state index in [-0.39, 0.29) is 85.1 Å². The van der Waals surface area contributed by atoms with Crippen LogP contribution in [0.3, 0.4) is 0 Å². The standard InChI is InChI=1S/C74H93N8O19P/c1-9-15-17-19-61(63(11-3)81(47-83)98-73(89)59-23-21-53(37-49(59)7)79-29-33-92-34-30-79)69(85)75-45-77-71(87)67-27-25-65(96-67)51-39-55(94-13-5)43-57(41-51)100-102(91)101-58-42-52(40-56(44-58)95-14-6)66-26-28-68(97-66)72(88)78-46-76-70(86)62(20-18-16-10-2)64(12-4)82(48-84)99-74(90)60-24-22-54(38-50(60)8)80-31-35-93-36-32-80/h21-28,37-44,47-48,61-64H,9-20,29-36,45-46H2,1-8H3,(H3-,75,76,77,78,85,86,87,88)/p+1/t61-,62-,63-,64-/m1/s1. The molecule has 0 aliphatic carbocycles. The lowest BCUT2D eigenvalue weighted by atomic mass is 9.90. The Labute approximate surface area is 595 Å². The second-order valence-electron chi connectivity index (χ2n) is 24.5. The molecule has 2 fully saturated rings. The highest BCUT2D eigenvalue weighted by atomic mass is 31.1. The van der Waals surface area contributed by atoms with Gasteiger partial charge >= 0.3 is 20.2 Å². The Kier molecular flexibility index (Phi) is 29.9. The van der Waals surface area contributed by atoms with Gasteiger partial charge in [-0.25, -0.2) is 18.6 Å². The molecule has 2 aromatic heterocycles. The van der Waals surface area contributed by atoms with Crippen LogP contribution in [0, 0.1) is 25.7 Å². The molecule has 0 unspecified atom stereocenters. The van der Waals surface area contributed by atoms with E-state index < -0.39 is 67.7 Å². The molecule has 4 heterocycles. The van der Waals surface area contributed by atoms with Gasteiger partial charge < -0.3 is 68.5 Å². The lowest BCUT2D eigenvalue weighted by Crippen LogP contribution is -2.49. The number of hydrogen-bond acceptors (Lipinski definition) is 21. The number of unbranched alkanes of at least 4 members (excludes halogenated alkanes) is 4. The summed E-state index contributed by atoms with van der Waals surface area (Å²) in [5.41, 5.74) is 4.51. The summed E-state index contributed by atoms with van der Waals surface area (Å²) in [4.78, 5) is 123. The highest BCUT2D eigenvalue weighted by Gasteiger charge is 2.37. The number of furan rings is 2. The molecule has 8 rings (SSSR count). The summed E-state index contributed by atoms with van der Waals surface area (Å²) < 4.78 is 60.0. The summed E-state index contributed by atoms with van der Waals surface area (Å²) in [6, 6.07) is 24.4. The summed E-state index contributed by atoms with van der Waals surface area (Å²) in [5.74, 6) is -4.45. The Morgan fingerprint density at radius 1 is 0.510 bits per heavy atom. The number of hydrogen-bond donors (Lipinski definition) is 4. The van der Waals surface area contributed by atoms with Gasteiger partial charge in [0.1, 0.15) is 23.0 Å². The zero-order valence-corrected chi connectivity index (χ0v) is 60.1. The van der Waals surface area contributed by atoms with Gasteiger partial charge in [0.25, 0.3) is 11.8 Å². The van der Waals surface area contributed by atoms with E-state index in [4.69, 9.17) is 46.5 Å². The fourth-order valence-electron chi connectivity index (χ4n) is 12.2. The lowest BCUT2D eigenvalue weighted by molar-refractivity contribution is -0.171. The molecular weight excluding hydrogens is 1340 g/mol. The van der Waals surface area contributed by atoms with E-state index in [2.05, 4.69) is 31.1 Å². The van der Waals surface area contributed by atoms with Gasteiger partial charge in [-0.2, -0.15) is 10.1 Å². The molecular formula is C74H94N8O19P+. The molecule has 2 aliphatic heterocycles. The molecule has 0 spiro atoms. The van der Waals surface area contributed by atoms with E-state index in [0.717, 1.165) is 73.4 Å². The van der Waals surface area contributed by atoms with Crippen LogP contribution in [0.4, 0.5) is 11.4 Å². The fourth-order valence-corrected chi connectivity index (χ4v) is 12.8. The van der Waals surface area contributed by atoms with Crippen molar-refractivity contribution in [1.29, 1.82) is 0 Å². The highest BCUT2D eigenvalue weighted by Crippen LogP contribution is 2.40. The Hall–Kier alpha value is -9.98. The topological polar surface area (TPSA) is 315 Å². The minimum absolute atomic E-state index is 0.0503. The van der Waals surface area contributed by atoms with E-state index in [9.17, 15) is 42.9 Å². The van der Waals surface area contributed by atoms with Gasteiger partial charge in [-0.05, 0) is 149 Å². The number of ether oxygens (including phenoxy) is 4. The van der Waals surface area contributed by atoms with Gasteiger partial charge in [0, 0.05) is 65.4 Å². The molecule has 0 bridgehead atoms. The molecule has 6 amide bonds. The van der Waals surface area contributed by atoms with Crippen molar-refractivity contribution in [3.8, 4) is 45.6 Å². The van der Waals surface area contributed by atoms with Crippen LogP contribution in [0.1, 0.15) is 159 Å². The van der Waals surface area contributed by atoms with Gasteiger partial charge in [-0.1, -0.05) is 66.2 Å². The largest absolute Gasteiger partial charge is 0.805 e. The average molecular weight is 1430 g/mol. The molecule has 4 aromatic carbocycles. The van der Waals surface area contributed by atoms with Crippen LogP contribution in [0.25, 0.3) is 22.6 Å². The van der Waals surface area contributed by atoms with Crippen LogP contribution < -0.4 is 49.6 Å². The first-order chi connectivity index (χ1) is 49.4. The summed E-state index contributed by atoms with van der Waals surface area (Å²) in [6.07, 6.45) is 6.76. The lowest BCUT2D eigenvalue weighted by Gasteiger charge is -2.32. The number of nitrogens with zero attached hydrogens (tertiary/aromatic N) is 4. The average Bonchev–Trinajstić information content (AvgIpc) is 1.41. The smallest absolute Gasteiger partial charge is 0.494 e. The number of amides is 6. The Morgan fingerprint density at radius 2 is 0.902 bits per heavy atom. The normalized spacial score (nSPS) is 14.0. The SMILES string of the molecule is CCCCC[C@@H](C(=O)NCNC(=O)c1ccc(-c2cc(OCC)cc(O[P+](=O)Oc3cc(OCC)cc(-c4ccc(C(=O)NCNC(=O)[C@H](CCCCC)[C@@H](CC)N(C=O)OC(=O)c5ccc(N6CCOCC6)cc5C)o4)c3)c2)o1)[C@@H](CC)N(C=O)OC(=O)c1ccc(N2CCOCC2)cc1C. The van der Waals surface area contributed by atoms with E-state index >= 15 is 0 Å². The molecule has 102 heavy (non-hydrogen) atoms. The molecule has 2 saturated heterocycles. The van der Waals surface area contributed by atoms with E-state index in [1.165, 1.54) is 36.4 Å². The second-order valence-corrected chi connectivity index (χ2v) is 25.3. The third-order valence-electron chi connectivity index (χ3n) is 17.5. The van der Waals surface area contributed by atoms with Crippen LogP contribution in [-0.4, -0.2) is 150 Å². The molecule has 0 saturated carbocycles. The fraction of sp³-hybridized carbons (Fsp3) is 0.459. The minimum atomic E-state index is -2.96. The molecule has 27 nitrogen and oxygen atoms in total. The summed E-state index contributed by atoms with van der Waals surface area (Å²) in [7, 11) is -2.96.